The topological polar surface area (TPSA) is 155 Å². The first-order valence-electron chi connectivity index (χ1n) is 14.8. The summed E-state index contributed by atoms with van der Waals surface area (Å²) in [5.41, 5.74) is 2.63. The Balaban J connectivity index is 1.65. The fourth-order valence-corrected chi connectivity index (χ4v) is 4.39. The van der Waals surface area contributed by atoms with Crippen LogP contribution in [0.3, 0.4) is 0 Å². The van der Waals surface area contributed by atoms with Crippen molar-refractivity contribution in [2.45, 2.75) is 71.3 Å². The first-order chi connectivity index (χ1) is 21.4. The lowest BCUT2D eigenvalue weighted by molar-refractivity contribution is -0.130. The van der Waals surface area contributed by atoms with Crippen LogP contribution in [0.25, 0.3) is 0 Å². The van der Waals surface area contributed by atoms with Gasteiger partial charge in [0, 0.05) is 25.9 Å². The monoisotopic (exact) mass is 618 g/mol. The lowest BCUT2D eigenvalue weighted by atomic mass is 10.0. The number of carboxylic acid groups (broad SMARTS) is 1. The molecule has 0 heterocycles. The molecule has 3 rings (SSSR count). The van der Waals surface area contributed by atoms with E-state index in [4.69, 9.17) is 9.47 Å². The molecule has 240 valence electrons. The number of alkyl carbamates (subject to hydrolysis) is 1. The molecule has 5 N–H and O–H groups in total. The molecule has 45 heavy (non-hydrogen) atoms. The number of benzene rings is 3. The van der Waals surface area contributed by atoms with Gasteiger partial charge in [0.25, 0.3) is 0 Å². The Labute approximate surface area is 263 Å². The maximum absolute atomic E-state index is 13.4. The Hall–Kier alpha value is -5.06. The van der Waals surface area contributed by atoms with E-state index in [1.54, 1.807) is 45.0 Å². The normalized spacial score (nSPS) is 12.3. The third-order valence-corrected chi connectivity index (χ3v) is 6.53. The second-order valence-corrected chi connectivity index (χ2v) is 11.4. The molecule has 3 aromatic rings. The van der Waals surface area contributed by atoms with Crippen LogP contribution in [0.1, 0.15) is 49.9 Å². The second-order valence-electron chi connectivity index (χ2n) is 11.4. The van der Waals surface area contributed by atoms with Crippen LogP contribution in [0.2, 0.25) is 0 Å². The molecule has 11 nitrogen and oxygen atoms in total. The van der Waals surface area contributed by atoms with Crippen molar-refractivity contribution in [3.05, 3.63) is 101 Å². The standard InChI is InChI=1S/C34H42N4O7/c1-5-44-27-17-15-24(16-18-27)20-29(38-32(41)42)31(40)37-28(19-23-9-7-6-8-10-23)30(39)35-21-25-11-13-26(14-12-25)22-36-33(43)45-34(2,3)4/h6-18,28-29,38H,5,19-22H2,1-4H3,(H,35,39)(H,36,43)(H,37,40)(H,41,42)/t28-,29+/m0/s1. The smallest absolute Gasteiger partial charge is 0.407 e. The highest BCUT2D eigenvalue weighted by atomic mass is 16.6. The minimum absolute atomic E-state index is 0.0827. The van der Waals surface area contributed by atoms with Crippen LogP contribution in [0.5, 0.6) is 5.75 Å². The van der Waals surface area contributed by atoms with Gasteiger partial charge in [-0.1, -0.05) is 66.7 Å². The number of hydrogen-bond donors (Lipinski definition) is 5. The third-order valence-electron chi connectivity index (χ3n) is 6.53. The Bertz CT molecular complexity index is 1410. The van der Waals surface area contributed by atoms with Gasteiger partial charge in [0.2, 0.25) is 11.8 Å². The number of ether oxygens (including phenoxy) is 2. The molecule has 3 aromatic carbocycles. The van der Waals surface area contributed by atoms with Gasteiger partial charge in [-0.15, -0.1) is 0 Å². The van der Waals surface area contributed by atoms with E-state index in [-0.39, 0.29) is 25.9 Å². The highest BCUT2D eigenvalue weighted by Gasteiger charge is 2.27. The highest BCUT2D eigenvalue weighted by Crippen LogP contribution is 2.14. The van der Waals surface area contributed by atoms with Crippen molar-refractivity contribution in [3.8, 4) is 5.75 Å². The van der Waals surface area contributed by atoms with E-state index in [9.17, 15) is 24.3 Å². The van der Waals surface area contributed by atoms with E-state index >= 15 is 0 Å². The number of carbonyl (C=O) groups is 4. The van der Waals surface area contributed by atoms with Gasteiger partial charge in [-0.05, 0) is 62.1 Å². The Kier molecular flexibility index (Phi) is 12.8. The molecule has 0 bridgehead atoms. The maximum Gasteiger partial charge on any atom is 0.407 e. The molecular weight excluding hydrogens is 576 g/mol. The van der Waals surface area contributed by atoms with Gasteiger partial charge in [0.05, 0.1) is 6.61 Å². The first kappa shape index (κ1) is 34.4. The maximum atomic E-state index is 13.4. The van der Waals surface area contributed by atoms with Gasteiger partial charge in [-0.2, -0.15) is 0 Å². The van der Waals surface area contributed by atoms with Crippen LogP contribution in [0.4, 0.5) is 9.59 Å². The van der Waals surface area contributed by atoms with E-state index < -0.39 is 41.7 Å². The quantitative estimate of drug-likeness (QED) is 0.180. The number of amides is 4. The third kappa shape index (κ3) is 12.6. The fourth-order valence-electron chi connectivity index (χ4n) is 4.39. The lowest BCUT2D eigenvalue weighted by Crippen LogP contribution is -2.54. The summed E-state index contributed by atoms with van der Waals surface area (Å²) >= 11 is 0. The van der Waals surface area contributed by atoms with Crippen molar-refractivity contribution < 1.29 is 33.8 Å². The molecule has 2 atom stereocenters. The van der Waals surface area contributed by atoms with Crippen LogP contribution in [0.15, 0.2) is 78.9 Å². The van der Waals surface area contributed by atoms with Crippen molar-refractivity contribution in [1.82, 2.24) is 21.3 Å². The Morgan fingerprint density at radius 1 is 0.689 bits per heavy atom. The van der Waals surface area contributed by atoms with E-state index in [0.717, 1.165) is 22.3 Å². The summed E-state index contributed by atoms with van der Waals surface area (Å²) in [7, 11) is 0. The molecule has 0 saturated heterocycles. The molecule has 11 heteroatoms. The van der Waals surface area contributed by atoms with Crippen LogP contribution in [-0.4, -0.2) is 53.4 Å². The zero-order valence-corrected chi connectivity index (χ0v) is 26.1. The largest absolute Gasteiger partial charge is 0.494 e. The van der Waals surface area contributed by atoms with Gasteiger partial charge in [-0.25, -0.2) is 9.59 Å². The number of nitrogens with one attached hydrogen (secondary N) is 4. The number of carbonyl (C=O) groups excluding carboxylic acids is 3. The van der Waals surface area contributed by atoms with E-state index in [1.165, 1.54) is 0 Å². The summed E-state index contributed by atoms with van der Waals surface area (Å²) < 4.78 is 10.7. The zero-order chi connectivity index (χ0) is 32.8. The summed E-state index contributed by atoms with van der Waals surface area (Å²) in [4.78, 5) is 50.2. The molecule has 0 unspecified atom stereocenters. The highest BCUT2D eigenvalue weighted by molar-refractivity contribution is 5.91. The molecule has 0 aromatic heterocycles. The molecule has 0 saturated carbocycles. The molecule has 0 aliphatic heterocycles. The SMILES string of the molecule is CCOc1ccc(C[C@@H](NC(=O)O)C(=O)N[C@@H](Cc2ccccc2)C(=O)NCc2ccc(CNC(=O)OC(C)(C)C)cc2)cc1. The average Bonchev–Trinajstić information content (AvgIpc) is 2.99. The van der Waals surface area contributed by atoms with E-state index in [1.807, 2.05) is 61.5 Å². The van der Waals surface area contributed by atoms with Gasteiger partial charge in [0.1, 0.15) is 23.4 Å². The summed E-state index contributed by atoms with van der Waals surface area (Å²) in [6.45, 7) is 8.24. The summed E-state index contributed by atoms with van der Waals surface area (Å²) in [6.07, 6.45) is -1.57. The summed E-state index contributed by atoms with van der Waals surface area (Å²) in [5.74, 6) is -0.373. The van der Waals surface area contributed by atoms with Crippen LogP contribution >= 0.6 is 0 Å². The van der Waals surface area contributed by atoms with Crippen molar-refractivity contribution in [3.63, 3.8) is 0 Å². The Morgan fingerprint density at radius 3 is 1.73 bits per heavy atom. The van der Waals surface area contributed by atoms with Crippen LogP contribution in [0, 0.1) is 0 Å². The fraction of sp³-hybridized carbons (Fsp3) is 0.353. The van der Waals surface area contributed by atoms with Crippen molar-refractivity contribution >= 4 is 24.0 Å². The Morgan fingerprint density at radius 2 is 1.20 bits per heavy atom. The van der Waals surface area contributed by atoms with Crippen molar-refractivity contribution in [2.24, 2.45) is 0 Å². The van der Waals surface area contributed by atoms with Crippen LogP contribution in [-0.2, 0) is 40.3 Å². The molecule has 0 aliphatic carbocycles. The lowest BCUT2D eigenvalue weighted by Gasteiger charge is -2.23. The second kappa shape index (κ2) is 16.7. The molecule has 0 spiro atoms. The predicted molar refractivity (Wildman–Crippen MR) is 170 cm³/mol. The van der Waals surface area contributed by atoms with Gasteiger partial charge in [-0.3, -0.25) is 9.59 Å². The number of hydrogen-bond acceptors (Lipinski definition) is 6. The van der Waals surface area contributed by atoms with Crippen LogP contribution < -0.4 is 26.0 Å². The van der Waals surface area contributed by atoms with E-state index in [0.29, 0.717) is 12.4 Å². The molecular formula is C34H42N4O7. The number of rotatable bonds is 14. The van der Waals surface area contributed by atoms with Crippen molar-refractivity contribution in [2.75, 3.05) is 6.61 Å². The molecule has 0 fully saturated rings. The summed E-state index contributed by atoms with van der Waals surface area (Å²) in [6, 6.07) is 21.5. The predicted octanol–water partition coefficient (Wildman–Crippen LogP) is 4.33. The van der Waals surface area contributed by atoms with Gasteiger partial charge in [0.15, 0.2) is 0 Å². The van der Waals surface area contributed by atoms with Crippen molar-refractivity contribution in [1.29, 1.82) is 0 Å². The molecule has 4 amide bonds. The summed E-state index contributed by atoms with van der Waals surface area (Å²) in [5, 5.41) is 20.0. The van der Waals surface area contributed by atoms with Gasteiger partial charge < -0.3 is 35.8 Å². The minimum Gasteiger partial charge on any atom is -0.494 e. The molecule has 0 aliphatic rings. The average molecular weight is 619 g/mol. The zero-order valence-electron chi connectivity index (χ0n) is 26.1. The first-order valence-corrected chi connectivity index (χ1v) is 14.8. The van der Waals surface area contributed by atoms with Gasteiger partial charge >= 0.3 is 12.2 Å². The minimum atomic E-state index is -1.35. The molecule has 0 radical (unpaired) electrons. The van der Waals surface area contributed by atoms with E-state index in [2.05, 4.69) is 21.3 Å².